The van der Waals surface area contributed by atoms with Gasteiger partial charge in [0.1, 0.15) is 36.9 Å². The number of ether oxygens (including phenoxy) is 2. The molecule has 3 aromatic carbocycles. The molecular weight excluding hydrogens is 404 g/mol. The minimum atomic E-state index is -0.624. The lowest BCUT2D eigenvalue weighted by molar-refractivity contribution is 0.102. The van der Waals surface area contributed by atoms with E-state index in [1.165, 1.54) is 11.1 Å². The number of hydrogen-bond acceptors (Lipinski definition) is 6. The molecule has 0 saturated carbocycles. The number of aliphatic hydroxyl groups excluding tert-OH is 2. The van der Waals surface area contributed by atoms with Gasteiger partial charge in [-0.15, -0.1) is 0 Å². The van der Waals surface area contributed by atoms with E-state index in [0.717, 1.165) is 0 Å². The zero-order chi connectivity index (χ0) is 22.4. The lowest BCUT2D eigenvalue weighted by atomic mass is 10.2. The second kappa shape index (κ2) is 13.5. The van der Waals surface area contributed by atoms with Gasteiger partial charge in [0.25, 0.3) is 0 Å². The molecule has 0 amide bonds. The maximum Gasteiger partial charge on any atom is 0.123 e. The van der Waals surface area contributed by atoms with Gasteiger partial charge in [-0.2, -0.15) is 0 Å². The molecule has 0 saturated heterocycles. The predicted molar refractivity (Wildman–Crippen MR) is 126 cm³/mol. The quantitative estimate of drug-likeness (QED) is 0.311. The third-order valence-corrected chi connectivity index (χ3v) is 4.79. The van der Waals surface area contributed by atoms with Gasteiger partial charge in [-0.25, -0.2) is 0 Å². The van der Waals surface area contributed by atoms with E-state index in [4.69, 9.17) is 9.47 Å². The average Bonchev–Trinajstić information content (AvgIpc) is 2.83. The zero-order valence-electron chi connectivity index (χ0n) is 18.2. The van der Waals surface area contributed by atoms with E-state index in [2.05, 4.69) is 10.6 Å². The molecule has 0 aliphatic rings. The summed E-state index contributed by atoms with van der Waals surface area (Å²) in [6.45, 7) is 2.63. The summed E-state index contributed by atoms with van der Waals surface area (Å²) < 4.78 is 11.4. The maximum atomic E-state index is 10.1. The first-order chi connectivity index (χ1) is 15.7. The van der Waals surface area contributed by atoms with Gasteiger partial charge in [-0.1, -0.05) is 66.7 Å². The van der Waals surface area contributed by atoms with Crippen molar-refractivity contribution < 1.29 is 19.7 Å². The average molecular weight is 437 g/mol. The number of benzene rings is 3. The molecule has 32 heavy (non-hydrogen) atoms. The van der Waals surface area contributed by atoms with Crippen molar-refractivity contribution in [3.8, 4) is 11.5 Å². The summed E-state index contributed by atoms with van der Waals surface area (Å²) in [5.41, 5.74) is 2.34. The molecule has 0 aromatic heterocycles. The lowest BCUT2D eigenvalue weighted by Crippen LogP contribution is -2.31. The summed E-state index contributed by atoms with van der Waals surface area (Å²) in [6.07, 6.45) is -1.25. The van der Waals surface area contributed by atoms with Crippen LogP contribution in [-0.2, 0) is 13.1 Å². The SMILES string of the molecule is O[C@@H](CNCc1ccccc1)COc1cccc(OC[C@@H](O)CNCc2ccccc2)c1. The first-order valence-electron chi connectivity index (χ1n) is 10.9. The van der Waals surface area contributed by atoms with Crippen molar-refractivity contribution >= 4 is 0 Å². The Balaban J connectivity index is 1.31. The van der Waals surface area contributed by atoms with Gasteiger partial charge in [0.05, 0.1) is 0 Å². The maximum absolute atomic E-state index is 10.1. The molecule has 0 bridgehead atoms. The first-order valence-corrected chi connectivity index (χ1v) is 10.9. The van der Waals surface area contributed by atoms with Crippen LogP contribution >= 0.6 is 0 Å². The number of nitrogens with one attached hydrogen (secondary N) is 2. The van der Waals surface area contributed by atoms with Gasteiger partial charge in [0, 0.05) is 32.2 Å². The van der Waals surface area contributed by atoms with Crippen LogP contribution in [0.4, 0.5) is 0 Å². The molecule has 0 unspecified atom stereocenters. The van der Waals surface area contributed by atoms with Crippen LogP contribution in [0.25, 0.3) is 0 Å². The van der Waals surface area contributed by atoms with E-state index < -0.39 is 12.2 Å². The Bertz CT molecular complexity index is 822. The van der Waals surface area contributed by atoms with E-state index in [-0.39, 0.29) is 13.2 Å². The Kier molecular flexibility index (Phi) is 10.0. The number of rotatable bonds is 14. The van der Waals surface area contributed by atoms with Crippen LogP contribution < -0.4 is 20.1 Å². The van der Waals surface area contributed by atoms with Crippen molar-refractivity contribution in [3.05, 3.63) is 96.1 Å². The highest BCUT2D eigenvalue weighted by atomic mass is 16.5. The van der Waals surface area contributed by atoms with E-state index in [0.29, 0.717) is 37.7 Å². The molecular formula is C26H32N2O4. The fraction of sp³-hybridized carbons (Fsp3) is 0.308. The van der Waals surface area contributed by atoms with E-state index in [1.54, 1.807) is 6.07 Å². The normalized spacial score (nSPS) is 12.8. The van der Waals surface area contributed by atoms with Gasteiger partial charge in [0.2, 0.25) is 0 Å². The summed E-state index contributed by atoms with van der Waals surface area (Å²) >= 11 is 0. The molecule has 6 nitrogen and oxygen atoms in total. The van der Waals surface area contributed by atoms with Crippen molar-refractivity contribution in [2.75, 3.05) is 26.3 Å². The Hall–Kier alpha value is -2.90. The molecule has 0 heterocycles. The van der Waals surface area contributed by atoms with Gasteiger partial charge < -0.3 is 30.3 Å². The highest BCUT2D eigenvalue weighted by molar-refractivity contribution is 5.33. The molecule has 2 atom stereocenters. The number of hydrogen-bond donors (Lipinski definition) is 4. The molecule has 4 N–H and O–H groups in total. The van der Waals surface area contributed by atoms with Gasteiger partial charge >= 0.3 is 0 Å². The van der Waals surface area contributed by atoms with Gasteiger partial charge in [-0.3, -0.25) is 0 Å². The molecule has 6 heteroatoms. The summed E-state index contributed by atoms with van der Waals surface area (Å²) in [6, 6.07) is 27.3. The van der Waals surface area contributed by atoms with Crippen LogP contribution in [0.15, 0.2) is 84.9 Å². The lowest BCUT2D eigenvalue weighted by Gasteiger charge is -2.15. The van der Waals surface area contributed by atoms with Crippen molar-refractivity contribution in [2.24, 2.45) is 0 Å². The van der Waals surface area contributed by atoms with Crippen molar-refractivity contribution in [1.82, 2.24) is 10.6 Å². The van der Waals surface area contributed by atoms with Gasteiger partial charge in [-0.05, 0) is 23.3 Å². The summed E-state index contributed by atoms with van der Waals surface area (Å²) in [4.78, 5) is 0. The molecule has 3 aromatic rings. The standard InChI is InChI=1S/C26H32N2O4/c29-23(17-27-15-21-8-3-1-4-9-21)19-31-25-12-7-13-26(14-25)32-20-24(30)18-28-16-22-10-5-2-6-11-22/h1-14,23-24,27-30H,15-20H2/t23-,24-/m0/s1. The minimum Gasteiger partial charge on any atom is -0.491 e. The topological polar surface area (TPSA) is 83.0 Å². The fourth-order valence-electron chi connectivity index (χ4n) is 3.11. The summed E-state index contributed by atoms with van der Waals surface area (Å²) in [7, 11) is 0. The monoisotopic (exact) mass is 436 g/mol. The van der Waals surface area contributed by atoms with Crippen LogP contribution in [0.1, 0.15) is 11.1 Å². The summed E-state index contributed by atoms with van der Waals surface area (Å²) in [5.74, 6) is 1.22. The predicted octanol–water partition coefficient (Wildman–Crippen LogP) is 2.75. The second-order valence-corrected chi connectivity index (χ2v) is 7.64. The van der Waals surface area contributed by atoms with Crippen LogP contribution in [-0.4, -0.2) is 48.7 Å². The molecule has 170 valence electrons. The molecule has 0 radical (unpaired) electrons. The van der Waals surface area contributed by atoms with Crippen molar-refractivity contribution in [2.45, 2.75) is 25.3 Å². The Labute approximate surface area is 189 Å². The van der Waals surface area contributed by atoms with E-state index in [1.807, 2.05) is 78.9 Å². The second-order valence-electron chi connectivity index (χ2n) is 7.64. The Morgan fingerprint density at radius 2 is 1.03 bits per heavy atom. The highest BCUT2D eigenvalue weighted by Gasteiger charge is 2.08. The Morgan fingerprint density at radius 3 is 1.47 bits per heavy atom. The third-order valence-electron chi connectivity index (χ3n) is 4.79. The molecule has 0 aliphatic heterocycles. The molecule has 0 fully saturated rings. The smallest absolute Gasteiger partial charge is 0.123 e. The van der Waals surface area contributed by atoms with E-state index >= 15 is 0 Å². The number of aliphatic hydroxyl groups is 2. The fourth-order valence-corrected chi connectivity index (χ4v) is 3.11. The largest absolute Gasteiger partial charge is 0.491 e. The van der Waals surface area contributed by atoms with E-state index in [9.17, 15) is 10.2 Å². The molecule has 3 rings (SSSR count). The van der Waals surface area contributed by atoms with Crippen LogP contribution in [0.3, 0.4) is 0 Å². The molecule has 0 aliphatic carbocycles. The van der Waals surface area contributed by atoms with Crippen LogP contribution in [0, 0.1) is 0 Å². The van der Waals surface area contributed by atoms with Crippen molar-refractivity contribution in [1.29, 1.82) is 0 Å². The molecule has 0 spiro atoms. The zero-order valence-corrected chi connectivity index (χ0v) is 18.2. The van der Waals surface area contributed by atoms with Gasteiger partial charge in [0.15, 0.2) is 0 Å². The first kappa shape index (κ1) is 23.8. The Morgan fingerprint density at radius 1 is 0.594 bits per heavy atom. The van der Waals surface area contributed by atoms with Crippen LogP contribution in [0.5, 0.6) is 11.5 Å². The summed E-state index contributed by atoms with van der Waals surface area (Å²) in [5, 5.41) is 26.7. The third kappa shape index (κ3) is 9.08. The van der Waals surface area contributed by atoms with Crippen LogP contribution in [0.2, 0.25) is 0 Å². The van der Waals surface area contributed by atoms with Crippen molar-refractivity contribution in [3.63, 3.8) is 0 Å². The minimum absolute atomic E-state index is 0.178. The highest BCUT2D eigenvalue weighted by Crippen LogP contribution is 2.19.